The molecule has 0 heterocycles. The van der Waals surface area contributed by atoms with E-state index in [0.29, 0.717) is 18.9 Å². The van der Waals surface area contributed by atoms with Crippen LogP contribution < -0.4 is 15.4 Å². The summed E-state index contributed by atoms with van der Waals surface area (Å²) in [6, 6.07) is 26.5. The normalized spacial score (nSPS) is 17.9. The number of rotatable bonds is 10. The minimum absolute atomic E-state index is 0.125. The van der Waals surface area contributed by atoms with Gasteiger partial charge in [0.25, 0.3) is 0 Å². The molecule has 1 aliphatic carbocycles. The molecule has 6 heteroatoms. The van der Waals surface area contributed by atoms with Crippen molar-refractivity contribution in [2.75, 3.05) is 0 Å². The Kier molecular flexibility index (Phi) is 9.58. The zero-order chi connectivity index (χ0) is 25.9. The summed E-state index contributed by atoms with van der Waals surface area (Å²) in [6.07, 6.45) is 4.12. The fourth-order valence-electron chi connectivity index (χ4n) is 4.63. The molecule has 2 N–H and O–H groups in total. The molecule has 1 aliphatic rings. The second kappa shape index (κ2) is 13.5. The number of ether oxygens (including phenoxy) is 2. The highest BCUT2D eigenvalue weighted by molar-refractivity contribution is 5.86. The van der Waals surface area contributed by atoms with E-state index in [0.717, 1.165) is 41.7 Å². The highest BCUT2D eigenvalue weighted by Crippen LogP contribution is 2.24. The van der Waals surface area contributed by atoms with Gasteiger partial charge in [0.2, 0.25) is 5.91 Å². The molecule has 37 heavy (non-hydrogen) atoms. The van der Waals surface area contributed by atoms with Crippen LogP contribution in [0.1, 0.15) is 49.3 Å². The summed E-state index contributed by atoms with van der Waals surface area (Å²) in [5.41, 5.74) is 2.91. The molecule has 1 fully saturated rings. The molecule has 0 saturated heterocycles. The van der Waals surface area contributed by atoms with Gasteiger partial charge in [-0.05, 0) is 47.6 Å². The van der Waals surface area contributed by atoms with E-state index in [4.69, 9.17) is 9.47 Å². The van der Waals surface area contributed by atoms with Gasteiger partial charge in [-0.3, -0.25) is 4.79 Å². The van der Waals surface area contributed by atoms with Crippen LogP contribution in [0.4, 0.5) is 4.79 Å². The molecule has 0 spiro atoms. The maximum absolute atomic E-state index is 13.3. The van der Waals surface area contributed by atoms with Crippen LogP contribution in [0.15, 0.2) is 84.9 Å². The Morgan fingerprint density at radius 1 is 0.811 bits per heavy atom. The Morgan fingerprint density at radius 2 is 1.43 bits per heavy atom. The number of hydrogen-bond acceptors (Lipinski definition) is 4. The van der Waals surface area contributed by atoms with Gasteiger partial charge < -0.3 is 20.1 Å². The van der Waals surface area contributed by atoms with Gasteiger partial charge in [-0.1, -0.05) is 92.6 Å². The second-order valence-corrected chi connectivity index (χ2v) is 9.76. The lowest BCUT2D eigenvalue weighted by Gasteiger charge is -2.31. The predicted molar refractivity (Wildman–Crippen MR) is 144 cm³/mol. The first-order valence-corrected chi connectivity index (χ1v) is 13.1. The Morgan fingerprint density at radius 3 is 2.08 bits per heavy atom. The molecular weight excluding hydrogens is 464 g/mol. The van der Waals surface area contributed by atoms with Crippen molar-refractivity contribution in [1.82, 2.24) is 10.6 Å². The van der Waals surface area contributed by atoms with Crippen molar-refractivity contribution in [3.05, 3.63) is 102 Å². The van der Waals surface area contributed by atoms with Crippen LogP contribution in [0.3, 0.4) is 0 Å². The molecule has 1 saturated carbocycles. The Labute approximate surface area is 219 Å². The SMILES string of the molecule is C[C@@H]1CCCC[C@@H]1NC(=O)[C@@H](Cc1ccc(OCc2ccccc2)cc1)NC(=O)OCc1ccccc1. The lowest BCUT2D eigenvalue weighted by molar-refractivity contribution is -0.124. The average molecular weight is 501 g/mol. The summed E-state index contributed by atoms with van der Waals surface area (Å²) in [5.74, 6) is 0.990. The lowest BCUT2D eigenvalue weighted by Crippen LogP contribution is -2.52. The number of alkyl carbamates (subject to hydrolysis) is 1. The largest absolute Gasteiger partial charge is 0.489 e. The maximum Gasteiger partial charge on any atom is 0.408 e. The van der Waals surface area contributed by atoms with Gasteiger partial charge in [0.15, 0.2) is 0 Å². The number of nitrogens with one attached hydrogen (secondary N) is 2. The van der Waals surface area contributed by atoms with Crippen molar-refractivity contribution in [2.45, 2.75) is 64.3 Å². The minimum atomic E-state index is -0.742. The summed E-state index contributed by atoms with van der Waals surface area (Å²) < 4.78 is 11.3. The average Bonchev–Trinajstić information content (AvgIpc) is 2.93. The summed E-state index contributed by atoms with van der Waals surface area (Å²) >= 11 is 0. The third-order valence-electron chi connectivity index (χ3n) is 6.87. The third kappa shape index (κ3) is 8.38. The van der Waals surface area contributed by atoms with Gasteiger partial charge in [0.05, 0.1) is 0 Å². The quantitative estimate of drug-likeness (QED) is 0.369. The highest BCUT2D eigenvalue weighted by atomic mass is 16.5. The Bertz CT molecular complexity index is 1120. The van der Waals surface area contributed by atoms with Crippen LogP contribution in [0.25, 0.3) is 0 Å². The molecule has 6 nitrogen and oxygen atoms in total. The molecule has 0 bridgehead atoms. The predicted octanol–water partition coefficient (Wildman–Crippen LogP) is 5.80. The molecule has 0 aliphatic heterocycles. The smallest absolute Gasteiger partial charge is 0.408 e. The van der Waals surface area contributed by atoms with E-state index in [2.05, 4.69) is 17.6 Å². The third-order valence-corrected chi connectivity index (χ3v) is 6.87. The van der Waals surface area contributed by atoms with Gasteiger partial charge in [0.1, 0.15) is 25.0 Å². The molecule has 3 aromatic carbocycles. The van der Waals surface area contributed by atoms with Gasteiger partial charge in [-0.25, -0.2) is 4.79 Å². The highest BCUT2D eigenvalue weighted by Gasteiger charge is 2.28. The molecule has 3 atom stereocenters. The number of carbonyl (C=O) groups is 2. The molecule has 0 aromatic heterocycles. The number of hydrogen-bond donors (Lipinski definition) is 2. The molecule has 0 radical (unpaired) electrons. The van der Waals surface area contributed by atoms with Gasteiger partial charge in [-0.2, -0.15) is 0 Å². The molecular formula is C31H36N2O4. The fourth-order valence-corrected chi connectivity index (χ4v) is 4.63. The van der Waals surface area contributed by atoms with Crippen molar-refractivity contribution in [2.24, 2.45) is 5.92 Å². The summed E-state index contributed by atoms with van der Waals surface area (Å²) in [7, 11) is 0. The second-order valence-electron chi connectivity index (χ2n) is 9.76. The van der Waals surface area contributed by atoms with Crippen LogP contribution in [-0.4, -0.2) is 24.1 Å². The van der Waals surface area contributed by atoms with Crippen molar-refractivity contribution >= 4 is 12.0 Å². The van der Waals surface area contributed by atoms with Crippen molar-refractivity contribution in [3.8, 4) is 5.75 Å². The number of benzene rings is 3. The van der Waals surface area contributed by atoms with Gasteiger partial charge >= 0.3 is 6.09 Å². The van der Waals surface area contributed by atoms with Crippen LogP contribution in [0.5, 0.6) is 5.75 Å². The Balaban J connectivity index is 1.37. The number of amides is 2. The van der Waals surface area contributed by atoms with Crippen molar-refractivity contribution in [1.29, 1.82) is 0 Å². The molecule has 2 amide bonds. The van der Waals surface area contributed by atoms with E-state index < -0.39 is 12.1 Å². The summed E-state index contributed by atoms with van der Waals surface area (Å²) in [4.78, 5) is 25.9. The minimum Gasteiger partial charge on any atom is -0.489 e. The monoisotopic (exact) mass is 500 g/mol. The first-order valence-electron chi connectivity index (χ1n) is 13.1. The Hall–Kier alpha value is -3.80. The van der Waals surface area contributed by atoms with Crippen LogP contribution >= 0.6 is 0 Å². The van der Waals surface area contributed by atoms with Gasteiger partial charge in [-0.15, -0.1) is 0 Å². The summed E-state index contributed by atoms with van der Waals surface area (Å²) in [6.45, 7) is 2.81. The molecule has 3 aromatic rings. The maximum atomic E-state index is 13.3. The zero-order valence-corrected chi connectivity index (χ0v) is 21.4. The standard InChI is InChI=1S/C31H36N2O4/c1-23-10-8-9-15-28(23)32-30(34)29(33-31(35)37-22-26-13-6-3-7-14-26)20-24-16-18-27(19-17-24)36-21-25-11-4-2-5-12-25/h2-7,11-14,16-19,23,28-29H,8-10,15,20-22H2,1H3,(H,32,34)(H,33,35)/t23-,28+,29-/m1/s1. The van der Waals surface area contributed by atoms with Crippen LogP contribution in [-0.2, 0) is 29.2 Å². The molecule has 194 valence electrons. The first-order chi connectivity index (χ1) is 18.1. The topological polar surface area (TPSA) is 76.7 Å². The zero-order valence-electron chi connectivity index (χ0n) is 21.4. The van der Waals surface area contributed by atoms with Gasteiger partial charge in [0, 0.05) is 12.5 Å². The number of carbonyl (C=O) groups excluding carboxylic acids is 2. The van der Waals surface area contributed by atoms with E-state index in [1.54, 1.807) is 0 Å². The van der Waals surface area contributed by atoms with Crippen molar-refractivity contribution in [3.63, 3.8) is 0 Å². The van der Waals surface area contributed by atoms with E-state index in [9.17, 15) is 9.59 Å². The van der Waals surface area contributed by atoms with Crippen molar-refractivity contribution < 1.29 is 19.1 Å². The fraction of sp³-hybridized carbons (Fsp3) is 0.355. The van der Waals surface area contributed by atoms with E-state index >= 15 is 0 Å². The van der Waals surface area contributed by atoms with E-state index in [-0.39, 0.29) is 18.6 Å². The summed E-state index contributed by atoms with van der Waals surface area (Å²) in [5, 5.41) is 5.98. The molecule has 4 rings (SSSR count). The van der Waals surface area contributed by atoms with Crippen LogP contribution in [0.2, 0.25) is 0 Å². The van der Waals surface area contributed by atoms with Crippen LogP contribution in [0, 0.1) is 5.92 Å². The molecule has 0 unspecified atom stereocenters. The van der Waals surface area contributed by atoms with E-state index in [1.165, 1.54) is 6.42 Å². The first kappa shape index (κ1) is 26.3. The lowest BCUT2D eigenvalue weighted by atomic mass is 9.85. The van der Waals surface area contributed by atoms with E-state index in [1.807, 2.05) is 84.9 Å².